The topological polar surface area (TPSA) is 29.5 Å². The van der Waals surface area contributed by atoms with Gasteiger partial charge in [-0.25, -0.2) is 4.39 Å². The zero-order valence-electron chi connectivity index (χ0n) is 10.7. The standard InChI is InChI=1S/C15H13BrClFO2/c1-9(19)11-7-10(16)5-6-15(11)20-8-12-13(17)3-2-4-14(12)18/h2-7,9,19H,8H2,1H3/t9-/m0/s1. The lowest BCUT2D eigenvalue weighted by Gasteiger charge is -2.14. The Balaban J connectivity index is 2.23. The summed E-state index contributed by atoms with van der Waals surface area (Å²) in [5.41, 5.74) is 0.931. The summed E-state index contributed by atoms with van der Waals surface area (Å²) in [7, 11) is 0. The molecule has 0 saturated heterocycles. The Hall–Kier alpha value is -1.10. The highest BCUT2D eigenvalue weighted by atomic mass is 79.9. The molecule has 0 saturated carbocycles. The molecule has 0 aromatic heterocycles. The van der Waals surface area contributed by atoms with Crippen LogP contribution < -0.4 is 4.74 Å². The first kappa shape index (κ1) is 15.3. The van der Waals surface area contributed by atoms with E-state index in [9.17, 15) is 9.50 Å². The van der Waals surface area contributed by atoms with E-state index in [0.717, 1.165) is 4.47 Å². The molecule has 1 N–H and O–H groups in total. The van der Waals surface area contributed by atoms with E-state index in [1.807, 2.05) is 0 Å². The summed E-state index contributed by atoms with van der Waals surface area (Å²) in [6.45, 7) is 1.65. The molecule has 0 heterocycles. The van der Waals surface area contributed by atoms with Crippen molar-refractivity contribution < 1.29 is 14.2 Å². The number of hydrogen-bond donors (Lipinski definition) is 1. The molecule has 0 unspecified atom stereocenters. The molecule has 0 aliphatic carbocycles. The minimum absolute atomic E-state index is 0.00680. The fourth-order valence-corrected chi connectivity index (χ4v) is 2.39. The molecule has 106 valence electrons. The third kappa shape index (κ3) is 3.51. The van der Waals surface area contributed by atoms with Crippen molar-refractivity contribution in [1.29, 1.82) is 0 Å². The summed E-state index contributed by atoms with van der Waals surface area (Å²) in [5.74, 6) is 0.0933. The van der Waals surface area contributed by atoms with Gasteiger partial charge in [0.1, 0.15) is 18.2 Å². The third-order valence-electron chi connectivity index (χ3n) is 2.86. The van der Waals surface area contributed by atoms with Crippen molar-refractivity contribution in [2.24, 2.45) is 0 Å². The first-order valence-corrected chi connectivity index (χ1v) is 7.19. The number of hydrogen-bond acceptors (Lipinski definition) is 2. The van der Waals surface area contributed by atoms with Gasteiger partial charge in [-0.05, 0) is 37.3 Å². The van der Waals surface area contributed by atoms with Crippen LogP contribution in [0.1, 0.15) is 24.2 Å². The lowest BCUT2D eigenvalue weighted by atomic mass is 10.1. The molecule has 0 radical (unpaired) electrons. The maximum absolute atomic E-state index is 13.7. The van der Waals surface area contributed by atoms with Gasteiger partial charge in [0.25, 0.3) is 0 Å². The first-order valence-electron chi connectivity index (χ1n) is 6.02. The van der Waals surface area contributed by atoms with Crippen LogP contribution in [0.3, 0.4) is 0 Å². The Morgan fingerprint density at radius 3 is 2.75 bits per heavy atom. The van der Waals surface area contributed by atoms with Gasteiger partial charge in [-0.2, -0.15) is 0 Å². The number of rotatable bonds is 4. The highest BCUT2D eigenvalue weighted by Crippen LogP contribution is 2.30. The van der Waals surface area contributed by atoms with Crippen LogP contribution in [0.5, 0.6) is 5.75 Å². The maximum atomic E-state index is 13.7. The van der Waals surface area contributed by atoms with Crippen molar-refractivity contribution in [2.45, 2.75) is 19.6 Å². The fraction of sp³-hybridized carbons (Fsp3) is 0.200. The van der Waals surface area contributed by atoms with Gasteiger partial charge >= 0.3 is 0 Å². The minimum Gasteiger partial charge on any atom is -0.488 e. The third-order valence-corrected chi connectivity index (χ3v) is 3.70. The highest BCUT2D eigenvalue weighted by molar-refractivity contribution is 9.10. The predicted octanol–water partition coefficient (Wildman–Crippen LogP) is 4.87. The lowest BCUT2D eigenvalue weighted by Crippen LogP contribution is -2.03. The van der Waals surface area contributed by atoms with Crippen molar-refractivity contribution >= 4 is 27.5 Å². The van der Waals surface area contributed by atoms with E-state index in [-0.39, 0.29) is 6.61 Å². The summed E-state index contributed by atoms with van der Waals surface area (Å²) in [6.07, 6.45) is -0.682. The summed E-state index contributed by atoms with van der Waals surface area (Å²) in [6, 6.07) is 9.78. The van der Waals surface area contributed by atoms with E-state index < -0.39 is 11.9 Å². The average Bonchev–Trinajstić information content (AvgIpc) is 2.39. The number of aliphatic hydroxyl groups is 1. The number of halogens is 3. The first-order chi connectivity index (χ1) is 9.49. The SMILES string of the molecule is C[C@H](O)c1cc(Br)ccc1OCc1c(F)cccc1Cl. The van der Waals surface area contributed by atoms with Crippen molar-refractivity contribution in [3.63, 3.8) is 0 Å². The molecule has 2 aromatic rings. The van der Waals surface area contributed by atoms with Crippen LogP contribution in [0.25, 0.3) is 0 Å². The summed E-state index contributed by atoms with van der Waals surface area (Å²) in [5, 5.41) is 10.1. The highest BCUT2D eigenvalue weighted by Gasteiger charge is 2.12. The van der Waals surface area contributed by atoms with Crippen molar-refractivity contribution in [3.05, 3.63) is 62.8 Å². The molecule has 20 heavy (non-hydrogen) atoms. The van der Waals surface area contributed by atoms with E-state index in [1.165, 1.54) is 6.07 Å². The van der Waals surface area contributed by atoms with Crippen molar-refractivity contribution in [1.82, 2.24) is 0 Å². The second kappa shape index (κ2) is 6.57. The largest absolute Gasteiger partial charge is 0.488 e. The van der Waals surface area contributed by atoms with E-state index in [2.05, 4.69) is 15.9 Å². The van der Waals surface area contributed by atoms with Crippen LogP contribution in [0.4, 0.5) is 4.39 Å². The monoisotopic (exact) mass is 358 g/mol. The molecular formula is C15H13BrClFO2. The van der Waals surface area contributed by atoms with Gasteiger partial charge in [0.15, 0.2) is 0 Å². The number of aliphatic hydroxyl groups excluding tert-OH is 1. The Morgan fingerprint density at radius 2 is 2.10 bits per heavy atom. The normalized spacial score (nSPS) is 12.2. The molecule has 2 aromatic carbocycles. The van der Waals surface area contributed by atoms with E-state index in [0.29, 0.717) is 21.9 Å². The maximum Gasteiger partial charge on any atom is 0.131 e. The van der Waals surface area contributed by atoms with Crippen LogP contribution in [0, 0.1) is 5.82 Å². The van der Waals surface area contributed by atoms with Crippen LogP contribution in [0.2, 0.25) is 5.02 Å². The molecule has 2 rings (SSSR count). The molecular weight excluding hydrogens is 347 g/mol. The molecule has 2 nitrogen and oxygen atoms in total. The Labute approximate surface area is 130 Å². The van der Waals surface area contributed by atoms with Gasteiger partial charge in [0, 0.05) is 15.6 Å². The van der Waals surface area contributed by atoms with Crippen molar-refractivity contribution in [3.8, 4) is 5.75 Å². The summed E-state index contributed by atoms with van der Waals surface area (Å²) < 4.78 is 20.1. The molecule has 0 bridgehead atoms. The van der Waals surface area contributed by atoms with Gasteiger partial charge in [-0.3, -0.25) is 0 Å². The molecule has 1 atom stereocenters. The van der Waals surface area contributed by atoms with Gasteiger partial charge in [0.05, 0.1) is 11.1 Å². The lowest BCUT2D eigenvalue weighted by molar-refractivity contribution is 0.189. The van der Waals surface area contributed by atoms with E-state index in [4.69, 9.17) is 16.3 Å². The summed E-state index contributed by atoms with van der Waals surface area (Å²) in [4.78, 5) is 0. The van der Waals surface area contributed by atoms with Crippen LogP contribution >= 0.6 is 27.5 Å². The zero-order chi connectivity index (χ0) is 14.7. The fourth-order valence-electron chi connectivity index (χ4n) is 1.80. The Bertz CT molecular complexity index is 597. The van der Waals surface area contributed by atoms with Gasteiger partial charge in [-0.1, -0.05) is 33.6 Å². The molecule has 0 amide bonds. The molecule has 0 aliphatic heterocycles. The minimum atomic E-state index is -0.682. The van der Waals surface area contributed by atoms with Crippen molar-refractivity contribution in [2.75, 3.05) is 0 Å². The van der Waals surface area contributed by atoms with Gasteiger partial charge < -0.3 is 9.84 Å². The van der Waals surface area contributed by atoms with Crippen LogP contribution in [-0.2, 0) is 6.61 Å². The predicted molar refractivity (Wildman–Crippen MR) is 80.5 cm³/mol. The Kier molecular flexibility index (Phi) is 5.02. The quantitative estimate of drug-likeness (QED) is 0.843. The van der Waals surface area contributed by atoms with Gasteiger partial charge in [-0.15, -0.1) is 0 Å². The van der Waals surface area contributed by atoms with Crippen LogP contribution in [-0.4, -0.2) is 5.11 Å². The number of benzene rings is 2. The smallest absolute Gasteiger partial charge is 0.131 e. The average molecular weight is 360 g/mol. The second-order valence-electron chi connectivity index (χ2n) is 4.35. The molecule has 0 fully saturated rings. The van der Waals surface area contributed by atoms with Crippen LogP contribution in [0.15, 0.2) is 40.9 Å². The van der Waals surface area contributed by atoms with E-state index >= 15 is 0 Å². The summed E-state index contributed by atoms with van der Waals surface area (Å²) >= 11 is 9.28. The molecule has 5 heteroatoms. The Morgan fingerprint density at radius 1 is 1.35 bits per heavy atom. The molecule has 0 spiro atoms. The van der Waals surface area contributed by atoms with E-state index in [1.54, 1.807) is 37.3 Å². The van der Waals surface area contributed by atoms with Gasteiger partial charge in [0.2, 0.25) is 0 Å². The second-order valence-corrected chi connectivity index (χ2v) is 5.67. The number of ether oxygens (including phenoxy) is 1. The zero-order valence-corrected chi connectivity index (χ0v) is 13.1. The molecule has 0 aliphatic rings.